The molecule has 0 spiro atoms. The second kappa shape index (κ2) is 7.30. The highest BCUT2D eigenvalue weighted by Gasteiger charge is 2.35. The van der Waals surface area contributed by atoms with Crippen LogP contribution in [-0.2, 0) is 21.3 Å². The molecule has 0 saturated carbocycles. The molecule has 0 radical (unpaired) electrons. The van der Waals surface area contributed by atoms with Crippen molar-refractivity contribution in [2.75, 3.05) is 39.4 Å². The zero-order valence-corrected chi connectivity index (χ0v) is 14.6. The molecule has 1 aromatic rings. The molecule has 1 aromatic carbocycles. The Morgan fingerprint density at radius 3 is 2.74 bits per heavy atom. The van der Waals surface area contributed by atoms with Crippen molar-refractivity contribution in [3.63, 3.8) is 0 Å². The Kier molecular flexibility index (Phi) is 5.36. The van der Waals surface area contributed by atoms with Gasteiger partial charge in [0, 0.05) is 32.8 Å². The number of aryl methyl sites for hydroxylation is 1. The standard InChI is InChI=1S/C17H26N2O3S/c1-15-5-2-3-6-16(15)13-18-8-4-9-19(11-10-18)23(20,21)17-7-12-22-14-17/h2-3,5-6,17H,4,7-14H2,1H3. The van der Waals surface area contributed by atoms with Crippen LogP contribution >= 0.6 is 0 Å². The van der Waals surface area contributed by atoms with Gasteiger partial charge < -0.3 is 4.74 Å². The summed E-state index contributed by atoms with van der Waals surface area (Å²) in [5.74, 6) is 0. The van der Waals surface area contributed by atoms with E-state index in [0.717, 1.165) is 26.1 Å². The Labute approximate surface area is 139 Å². The van der Waals surface area contributed by atoms with Crippen LogP contribution in [0, 0.1) is 6.92 Å². The highest BCUT2D eigenvalue weighted by atomic mass is 32.2. The van der Waals surface area contributed by atoms with Crippen molar-refractivity contribution in [2.24, 2.45) is 0 Å². The van der Waals surface area contributed by atoms with Crippen LogP contribution in [0.3, 0.4) is 0 Å². The summed E-state index contributed by atoms with van der Waals surface area (Å²) in [6.45, 7) is 6.90. The summed E-state index contributed by atoms with van der Waals surface area (Å²) in [5.41, 5.74) is 2.62. The number of hydrogen-bond acceptors (Lipinski definition) is 4. The first kappa shape index (κ1) is 16.9. The van der Waals surface area contributed by atoms with Gasteiger partial charge in [-0.05, 0) is 37.4 Å². The number of sulfonamides is 1. The second-order valence-corrected chi connectivity index (χ2v) is 8.70. The monoisotopic (exact) mass is 338 g/mol. The van der Waals surface area contributed by atoms with Crippen molar-refractivity contribution >= 4 is 10.0 Å². The van der Waals surface area contributed by atoms with Crippen LogP contribution in [0.4, 0.5) is 0 Å². The first-order valence-corrected chi connectivity index (χ1v) is 9.91. The molecule has 3 rings (SSSR count). The summed E-state index contributed by atoms with van der Waals surface area (Å²) < 4.78 is 32.3. The van der Waals surface area contributed by atoms with Crippen molar-refractivity contribution < 1.29 is 13.2 Å². The van der Waals surface area contributed by atoms with Gasteiger partial charge in [-0.2, -0.15) is 0 Å². The minimum absolute atomic E-state index is 0.342. The molecule has 23 heavy (non-hydrogen) atoms. The molecule has 0 N–H and O–H groups in total. The lowest BCUT2D eigenvalue weighted by Gasteiger charge is -2.24. The first-order valence-electron chi connectivity index (χ1n) is 8.41. The Bertz CT molecular complexity index is 626. The predicted molar refractivity (Wildman–Crippen MR) is 90.8 cm³/mol. The molecule has 0 aliphatic carbocycles. The van der Waals surface area contributed by atoms with Crippen molar-refractivity contribution in [2.45, 2.75) is 31.6 Å². The topological polar surface area (TPSA) is 49.9 Å². The summed E-state index contributed by atoms with van der Waals surface area (Å²) in [4.78, 5) is 2.36. The molecule has 2 aliphatic rings. The first-order chi connectivity index (χ1) is 11.1. The van der Waals surface area contributed by atoms with Gasteiger partial charge in [0.05, 0.1) is 6.61 Å². The minimum atomic E-state index is -3.21. The Balaban J connectivity index is 1.62. The van der Waals surface area contributed by atoms with Crippen molar-refractivity contribution in [3.8, 4) is 0 Å². The SMILES string of the molecule is Cc1ccccc1CN1CCCN(S(=O)(=O)C2CCOC2)CC1. The van der Waals surface area contributed by atoms with Crippen LogP contribution in [0.5, 0.6) is 0 Å². The molecular weight excluding hydrogens is 312 g/mol. The lowest BCUT2D eigenvalue weighted by molar-refractivity contribution is 0.198. The summed E-state index contributed by atoms with van der Waals surface area (Å²) in [7, 11) is -3.21. The van der Waals surface area contributed by atoms with E-state index in [1.54, 1.807) is 4.31 Å². The molecule has 0 aromatic heterocycles. The Morgan fingerprint density at radius 1 is 1.17 bits per heavy atom. The third-order valence-corrected chi connectivity index (χ3v) is 7.17. The molecule has 1 unspecified atom stereocenters. The van der Waals surface area contributed by atoms with E-state index in [4.69, 9.17) is 4.74 Å². The molecule has 1 atom stereocenters. The number of rotatable bonds is 4. The molecule has 2 fully saturated rings. The van der Waals surface area contributed by atoms with E-state index in [-0.39, 0.29) is 5.25 Å². The van der Waals surface area contributed by atoms with Crippen LogP contribution in [0.15, 0.2) is 24.3 Å². The van der Waals surface area contributed by atoms with E-state index in [1.165, 1.54) is 11.1 Å². The molecule has 128 valence electrons. The predicted octanol–water partition coefficient (Wildman–Crippen LogP) is 1.62. The van der Waals surface area contributed by atoms with Gasteiger partial charge in [0.1, 0.15) is 5.25 Å². The fraction of sp³-hybridized carbons (Fsp3) is 0.647. The maximum absolute atomic E-state index is 12.7. The maximum Gasteiger partial charge on any atom is 0.219 e. The molecule has 6 heteroatoms. The summed E-state index contributed by atoms with van der Waals surface area (Å²) in [5, 5.41) is -0.342. The van der Waals surface area contributed by atoms with Crippen LogP contribution in [0.2, 0.25) is 0 Å². The van der Waals surface area contributed by atoms with Gasteiger partial charge in [-0.25, -0.2) is 12.7 Å². The summed E-state index contributed by atoms with van der Waals surface area (Å²) in [6, 6.07) is 8.41. The van der Waals surface area contributed by atoms with E-state index < -0.39 is 10.0 Å². The molecule has 0 bridgehead atoms. The molecule has 2 saturated heterocycles. The highest BCUT2D eigenvalue weighted by Crippen LogP contribution is 2.20. The smallest absolute Gasteiger partial charge is 0.219 e. The fourth-order valence-corrected chi connectivity index (χ4v) is 5.15. The second-order valence-electron chi connectivity index (χ2n) is 6.49. The normalized spacial score (nSPS) is 24.7. The maximum atomic E-state index is 12.7. The van der Waals surface area contributed by atoms with E-state index >= 15 is 0 Å². The zero-order valence-electron chi connectivity index (χ0n) is 13.8. The van der Waals surface area contributed by atoms with Crippen molar-refractivity contribution in [3.05, 3.63) is 35.4 Å². The van der Waals surface area contributed by atoms with Gasteiger partial charge in [0.25, 0.3) is 0 Å². The van der Waals surface area contributed by atoms with Gasteiger partial charge in [-0.3, -0.25) is 4.90 Å². The summed E-state index contributed by atoms with van der Waals surface area (Å²) >= 11 is 0. The van der Waals surface area contributed by atoms with Crippen molar-refractivity contribution in [1.29, 1.82) is 0 Å². The number of hydrogen-bond donors (Lipinski definition) is 0. The highest BCUT2D eigenvalue weighted by molar-refractivity contribution is 7.89. The average molecular weight is 338 g/mol. The molecule has 2 heterocycles. The fourth-order valence-electron chi connectivity index (χ4n) is 3.35. The lowest BCUT2D eigenvalue weighted by Crippen LogP contribution is -2.41. The zero-order chi connectivity index (χ0) is 16.3. The van der Waals surface area contributed by atoms with Crippen LogP contribution < -0.4 is 0 Å². The van der Waals surface area contributed by atoms with E-state index in [0.29, 0.717) is 32.7 Å². The summed E-state index contributed by atoms with van der Waals surface area (Å²) in [6.07, 6.45) is 1.52. The van der Waals surface area contributed by atoms with Gasteiger partial charge >= 0.3 is 0 Å². The molecular formula is C17H26N2O3S. The Hall–Kier alpha value is -0.950. The molecule has 2 aliphatic heterocycles. The average Bonchev–Trinajstić information content (AvgIpc) is 2.97. The molecule has 0 amide bonds. The number of benzene rings is 1. The van der Waals surface area contributed by atoms with Gasteiger partial charge in [0.2, 0.25) is 10.0 Å². The van der Waals surface area contributed by atoms with Gasteiger partial charge in [0.15, 0.2) is 0 Å². The van der Waals surface area contributed by atoms with E-state index in [9.17, 15) is 8.42 Å². The van der Waals surface area contributed by atoms with Gasteiger partial charge in [-0.15, -0.1) is 0 Å². The van der Waals surface area contributed by atoms with E-state index in [1.807, 2.05) is 0 Å². The number of ether oxygens (including phenoxy) is 1. The minimum Gasteiger partial charge on any atom is -0.380 e. The third kappa shape index (κ3) is 3.94. The largest absolute Gasteiger partial charge is 0.380 e. The van der Waals surface area contributed by atoms with E-state index in [2.05, 4.69) is 36.1 Å². The van der Waals surface area contributed by atoms with Crippen LogP contribution in [0.25, 0.3) is 0 Å². The quantitative estimate of drug-likeness (QED) is 0.837. The van der Waals surface area contributed by atoms with Crippen LogP contribution in [0.1, 0.15) is 24.0 Å². The van der Waals surface area contributed by atoms with Crippen LogP contribution in [-0.4, -0.2) is 62.3 Å². The van der Waals surface area contributed by atoms with Crippen molar-refractivity contribution in [1.82, 2.24) is 9.21 Å². The third-order valence-electron chi connectivity index (χ3n) is 4.87. The Morgan fingerprint density at radius 2 is 2.00 bits per heavy atom. The lowest BCUT2D eigenvalue weighted by atomic mass is 10.1. The molecule has 5 nitrogen and oxygen atoms in total. The van der Waals surface area contributed by atoms with Gasteiger partial charge in [-0.1, -0.05) is 24.3 Å². The number of nitrogens with zero attached hydrogens (tertiary/aromatic N) is 2.